The number of hydrogen-bond donors (Lipinski definition) is 1. The summed E-state index contributed by atoms with van der Waals surface area (Å²) in [6.45, 7) is 0. The van der Waals surface area contributed by atoms with Gasteiger partial charge in [0, 0.05) is 10.6 Å². The van der Waals surface area contributed by atoms with Gasteiger partial charge in [-0.25, -0.2) is 14.6 Å². The Bertz CT molecular complexity index is 836. The van der Waals surface area contributed by atoms with Crippen molar-refractivity contribution < 1.29 is 19.4 Å². The number of carbonyl (C=O) groups excluding carboxylic acids is 1. The van der Waals surface area contributed by atoms with E-state index in [9.17, 15) is 9.59 Å². The van der Waals surface area contributed by atoms with E-state index in [1.165, 1.54) is 18.2 Å². The van der Waals surface area contributed by atoms with Crippen LogP contribution in [0.3, 0.4) is 0 Å². The van der Waals surface area contributed by atoms with E-state index in [-0.39, 0.29) is 17.2 Å². The van der Waals surface area contributed by atoms with E-state index in [4.69, 9.17) is 21.4 Å². The van der Waals surface area contributed by atoms with E-state index in [2.05, 4.69) is 4.99 Å². The van der Waals surface area contributed by atoms with Gasteiger partial charge in [0.05, 0.1) is 5.56 Å². The zero-order chi connectivity index (χ0) is 16.4. The van der Waals surface area contributed by atoms with Crippen molar-refractivity contribution in [3.05, 3.63) is 75.9 Å². The monoisotopic (exact) mass is 327 g/mol. The largest absolute Gasteiger partial charge is 0.478 e. The van der Waals surface area contributed by atoms with Crippen LogP contribution in [-0.2, 0) is 9.53 Å². The number of aromatic carboxylic acids is 1. The zero-order valence-corrected chi connectivity index (χ0v) is 12.4. The van der Waals surface area contributed by atoms with E-state index < -0.39 is 11.9 Å². The lowest BCUT2D eigenvalue weighted by atomic mass is 10.1. The van der Waals surface area contributed by atoms with Gasteiger partial charge in [0.15, 0.2) is 5.70 Å². The molecule has 6 heteroatoms. The van der Waals surface area contributed by atoms with E-state index in [1.54, 1.807) is 36.4 Å². The van der Waals surface area contributed by atoms with Crippen molar-refractivity contribution in [3.63, 3.8) is 0 Å². The molecule has 23 heavy (non-hydrogen) atoms. The summed E-state index contributed by atoms with van der Waals surface area (Å²) in [5.41, 5.74) is 1.62. The standard InChI is InChI=1S/C17H10ClNO4/c18-13-7-5-11(6-8-13)15-19-14(17(22)23-15)9-10-1-3-12(4-2-10)16(20)21/h1-9H,(H,20,21). The Morgan fingerprint density at radius 2 is 1.74 bits per heavy atom. The number of ether oxygens (including phenoxy) is 1. The highest BCUT2D eigenvalue weighted by molar-refractivity contribution is 6.30. The molecule has 1 N–H and O–H groups in total. The lowest BCUT2D eigenvalue weighted by molar-refractivity contribution is -0.129. The van der Waals surface area contributed by atoms with E-state index in [0.29, 0.717) is 16.1 Å². The van der Waals surface area contributed by atoms with Gasteiger partial charge >= 0.3 is 11.9 Å². The molecule has 0 aliphatic carbocycles. The van der Waals surface area contributed by atoms with Crippen LogP contribution in [0.4, 0.5) is 0 Å². The quantitative estimate of drug-likeness (QED) is 0.692. The molecule has 1 heterocycles. The summed E-state index contributed by atoms with van der Waals surface area (Å²) in [7, 11) is 0. The second kappa shape index (κ2) is 6.06. The number of esters is 1. The SMILES string of the molecule is O=C1OC(c2ccc(Cl)cc2)=NC1=Cc1ccc(C(=O)O)cc1. The highest BCUT2D eigenvalue weighted by Gasteiger charge is 2.24. The van der Waals surface area contributed by atoms with Gasteiger partial charge in [-0.3, -0.25) is 0 Å². The summed E-state index contributed by atoms with van der Waals surface area (Å²) >= 11 is 5.82. The third-order valence-corrected chi connectivity index (χ3v) is 3.42. The molecule has 0 aromatic heterocycles. The minimum atomic E-state index is -1.01. The van der Waals surface area contributed by atoms with Gasteiger partial charge in [0.2, 0.25) is 5.90 Å². The number of rotatable bonds is 3. The molecule has 0 spiro atoms. The lowest BCUT2D eigenvalue weighted by Gasteiger charge is -1.98. The second-order valence-corrected chi connectivity index (χ2v) is 5.21. The number of carboxylic acid groups (broad SMARTS) is 1. The number of hydrogen-bond acceptors (Lipinski definition) is 4. The second-order valence-electron chi connectivity index (χ2n) is 4.77. The smallest absolute Gasteiger partial charge is 0.363 e. The highest BCUT2D eigenvalue weighted by atomic mass is 35.5. The molecule has 0 atom stereocenters. The highest BCUT2D eigenvalue weighted by Crippen LogP contribution is 2.20. The Morgan fingerprint density at radius 3 is 2.35 bits per heavy atom. The fraction of sp³-hybridized carbons (Fsp3) is 0. The van der Waals surface area contributed by atoms with Crippen molar-refractivity contribution in [1.82, 2.24) is 0 Å². The molecule has 2 aromatic carbocycles. The van der Waals surface area contributed by atoms with Crippen molar-refractivity contribution in [2.75, 3.05) is 0 Å². The zero-order valence-electron chi connectivity index (χ0n) is 11.7. The van der Waals surface area contributed by atoms with Crippen LogP contribution < -0.4 is 0 Å². The van der Waals surface area contributed by atoms with Gasteiger partial charge in [-0.15, -0.1) is 0 Å². The predicted molar refractivity (Wildman–Crippen MR) is 85.5 cm³/mol. The first-order valence-corrected chi connectivity index (χ1v) is 7.02. The van der Waals surface area contributed by atoms with Gasteiger partial charge in [-0.2, -0.15) is 0 Å². The number of benzene rings is 2. The summed E-state index contributed by atoms with van der Waals surface area (Å²) in [6.07, 6.45) is 1.54. The Morgan fingerprint density at radius 1 is 1.09 bits per heavy atom. The molecule has 5 nitrogen and oxygen atoms in total. The molecular weight excluding hydrogens is 318 g/mol. The van der Waals surface area contributed by atoms with Crippen molar-refractivity contribution in [2.45, 2.75) is 0 Å². The summed E-state index contributed by atoms with van der Waals surface area (Å²) in [5.74, 6) is -1.36. The predicted octanol–water partition coefficient (Wildman–Crippen LogP) is 3.38. The number of aliphatic imine (C=N–C) groups is 1. The molecule has 1 aliphatic rings. The van der Waals surface area contributed by atoms with E-state index in [0.717, 1.165) is 0 Å². The topological polar surface area (TPSA) is 76.0 Å². The van der Waals surface area contributed by atoms with Crippen LogP contribution in [0.25, 0.3) is 6.08 Å². The molecular formula is C17H10ClNO4. The third-order valence-electron chi connectivity index (χ3n) is 3.17. The molecule has 0 unspecified atom stereocenters. The summed E-state index contributed by atoms with van der Waals surface area (Å²) < 4.78 is 5.14. The number of halogens is 1. The Kier molecular flexibility index (Phi) is 3.95. The summed E-state index contributed by atoms with van der Waals surface area (Å²) in [6, 6.07) is 12.9. The first kappa shape index (κ1) is 15.0. The molecule has 0 bridgehead atoms. The number of carbonyl (C=O) groups is 2. The molecule has 114 valence electrons. The fourth-order valence-electron chi connectivity index (χ4n) is 2.00. The average molecular weight is 328 g/mol. The molecule has 2 aromatic rings. The number of nitrogens with zero attached hydrogens (tertiary/aromatic N) is 1. The Labute approximate surface area is 136 Å². The molecule has 0 saturated heterocycles. The molecule has 0 radical (unpaired) electrons. The number of cyclic esters (lactones) is 1. The van der Waals surface area contributed by atoms with Gasteiger partial charge < -0.3 is 9.84 Å². The van der Waals surface area contributed by atoms with Crippen LogP contribution in [0.2, 0.25) is 5.02 Å². The van der Waals surface area contributed by atoms with Crippen LogP contribution in [-0.4, -0.2) is 22.9 Å². The fourth-order valence-corrected chi connectivity index (χ4v) is 2.13. The maximum Gasteiger partial charge on any atom is 0.363 e. The van der Waals surface area contributed by atoms with Crippen LogP contribution >= 0.6 is 11.6 Å². The van der Waals surface area contributed by atoms with Crippen molar-refractivity contribution in [2.24, 2.45) is 4.99 Å². The summed E-state index contributed by atoms with van der Waals surface area (Å²) in [5, 5.41) is 9.44. The van der Waals surface area contributed by atoms with Crippen molar-refractivity contribution in [1.29, 1.82) is 0 Å². The van der Waals surface area contributed by atoms with Gasteiger partial charge in [-0.1, -0.05) is 23.7 Å². The lowest BCUT2D eigenvalue weighted by Crippen LogP contribution is -2.05. The maximum absolute atomic E-state index is 11.9. The Hall–Kier alpha value is -2.92. The van der Waals surface area contributed by atoms with Gasteiger partial charge in [0.25, 0.3) is 0 Å². The minimum Gasteiger partial charge on any atom is -0.478 e. The molecule has 3 rings (SSSR count). The van der Waals surface area contributed by atoms with E-state index >= 15 is 0 Å². The molecule has 1 aliphatic heterocycles. The number of carboxylic acids is 1. The van der Waals surface area contributed by atoms with Crippen molar-refractivity contribution in [3.8, 4) is 0 Å². The van der Waals surface area contributed by atoms with Crippen LogP contribution in [0.1, 0.15) is 21.5 Å². The average Bonchev–Trinajstić information content (AvgIpc) is 2.89. The van der Waals surface area contributed by atoms with Crippen molar-refractivity contribution >= 4 is 35.5 Å². The first-order valence-electron chi connectivity index (χ1n) is 6.65. The summed E-state index contributed by atoms with van der Waals surface area (Å²) in [4.78, 5) is 26.9. The van der Waals surface area contributed by atoms with Gasteiger partial charge in [0.1, 0.15) is 0 Å². The van der Waals surface area contributed by atoms with E-state index in [1.807, 2.05) is 0 Å². The van der Waals surface area contributed by atoms with Crippen LogP contribution in [0.15, 0.2) is 59.2 Å². The molecule has 0 amide bonds. The molecule has 0 saturated carbocycles. The van der Waals surface area contributed by atoms with Gasteiger partial charge in [-0.05, 0) is 48.0 Å². The van der Waals surface area contributed by atoms with Crippen LogP contribution in [0, 0.1) is 0 Å². The molecule has 0 fully saturated rings. The maximum atomic E-state index is 11.9. The Balaban J connectivity index is 1.88. The van der Waals surface area contributed by atoms with Crippen LogP contribution in [0.5, 0.6) is 0 Å². The first-order chi connectivity index (χ1) is 11.0. The third kappa shape index (κ3) is 3.30. The minimum absolute atomic E-state index is 0.151. The normalized spacial score (nSPS) is 15.4.